The van der Waals surface area contributed by atoms with Crippen LogP contribution >= 0.6 is 11.3 Å². The maximum Gasteiger partial charge on any atom is 0.271 e. The summed E-state index contributed by atoms with van der Waals surface area (Å²) in [5.74, 6) is -0.480. The van der Waals surface area contributed by atoms with Crippen LogP contribution in [0.3, 0.4) is 0 Å². The van der Waals surface area contributed by atoms with Crippen molar-refractivity contribution in [1.82, 2.24) is 0 Å². The Bertz CT molecular complexity index is 675. The molecule has 0 bridgehead atoms. The second-order valence-corrected chi connectivity index (χ2v) is 7.13. The molecular weight excluding hydrogens is 287 g/mol. The van der Waals surface area contributed by atoms with E-state index in [1.807, 2.05) is 0 Å². The molecule has 4 nitrogen and oxygen atoms in total. The highest BCUT2D eigenvalue weighted by Crippen LogP contribution is 2.24. The Hall–Kier alpha value is -1.44. The summed E-state index contributed by atoms with van der Waals surface area (Å²) in [5, 5.41) is 0. The topological polar surface area (TPSA) is 72.2 Å². The van der Waals surface area contributed by atoms with E-state index in [2.05, 4.69) is 4.72 Å². The van der Waals surface area contributed by atoms with E-state index in [1.54, 1.807) is 19.1 Å². The fourth-order valence-corrected chi connectivity index (χ4v) is 3.89. The summed E-state index contributed by atoms with van der Waals surface area (Å²) < 4.78 is 39.9. The fourth-order valence-electron chi connectivity index (χ4n) is 1.61. The molecule has 0 fully saturated rings. The number of nitrogens with two attached hydrogens (primary N) is 1. The Balaban J connectivity index is 2.30. The van der Waals surface area contributed by atoms with Crippen LogP contribution in [0.25, 0.3) is 0 Å². The molecule has 1 aromatic carbocycles. The maximum absolute atomic E-state index is 13.2. The highest BCUT2D eigenvalue weighted by molar-refractivity contribution is 7.94. The van der Waals surface area contributed by atoms with Crippen molar-refractivity contribution < 1.29 is 12.8 Å². The van der Waals surface area contributed by atoms with Crippen molar-refractivity contribution in [2.45, 2.75) is 17.7 Å². The van der Waals surface area contributed by atoms with Gasteiger partial charge in [-0.2, -0.15) is 0 Å². The summed E-state index contributed by atoms with van der Waals surface area (Å²) >= 11 is 1.10. The van der Waals surface area contributed by atoms with Crippen LogP contribution < -0.4 is 10.5 Å². The van der Waals surface area contributed by atoms with E-state index >= 15 is 0 Å². The molecule has 0 unspecified atom stereocenters. The number of halogens is 1. The maximum atomic E-state index is 13.2. The number of rotatable bonds is 4. The van der Waals surface area contributed by atoms with E-state index in [0.29, 0.717) is 12.1 Å². The van der Waals surface area contributed by atoms with Crippen molar-refractivity contribution in [3.05, 3.63) is 46.6 Å². The average Bonchev–Trinajstić information content (AvgIpc) is 2.75. The zero-order valence-electron chi connectivity index (χ0n) is 10.2. The molecule has 3 N–H and O–H groups in total. The molecule has 102 valence electrons. The lowest BCUT2D eigenvalue weighted by Crippen LogP contribution is -2.11. The zero-order chi connectivity index (χ0) is 14.0. The van der Waals surface area contributed by atoms with Gasteiger partial charge >= 0.3 is 0 Å². The Kier molecular flexibility index (Phi) is 3.88. The van der Waals surface area contributed by atoms with Crippen LogP contribution in [0, 0.1) is 12.7 Å². The Labute approximate surface area is 115 Å². The zero-order valence-corrected chi connectivity index (χ0v) is 11.8. The Morgan fingerprint density at radius 2 is 2.05 bits per heavy atom. The van der Waals surface area contributed by atoms with Gasteiger partial charge in [0.05, 0.1) is 5.69 Å². The highest BCUT2D eigenvalue weighted by Gasteiger charge is 2.17. The van der Waals surface area contributed by atoms with Crippen molar-refractivity contribution in [3.8, 4) is 0 Å². The predicted molar refractivity (Wildman–Crippen MR) is 74.2 cm³/mol. The SMILES string of the molecule is Cc1cc(F)cc(NS(=O)(=O)c2ccc(CN)s2)c1. The van der Waals surface area contributed by atoms with E-state index < -0.39 is 15.8 Å². The van der Waals surface area contributed by atoms with Crippen molar-refractivity contribution in [2.24, 2.45) is 5.73 Å². The third-order valence-electron chi connectivity index (χ3n) is 2.40. The van der Waals surface area contributed by atoms with Gasteiger partial charge in [0.15, 0.2) is 0 Å². The summed E-state index contributed by atoms with van der Waals surface area (Å²) in [6.07, 6.45) is 0. The minimum absolute atomic E-state index is 0.162. The fraction of sp³-hybridized carbons (Fsp3) is 0.167. The van der Waals surface area contributed by atoms with Gasteiger partial charge < -0.3 is 5.73 Å². The molecule has 0 saturated heterocycles. The highest BCUT2D eigenvalue weighted by atomic mass is 32.2. The van der Waals surface area contributed by atoms with Crippen LogP contribution in [0.5, 0.6) is 0 Å². The third-order valence-corrected chi connectivity index (χ3v) is 5.38. The molecular formula is C12H13FN2O2S2. The monoisotopic (exact) mass is 300 g/mol. The third kappa shape index (κ3) is 3.31. The summed E-state index contributed by atoms with van der Waals surface area (Å²) in [5.41, 5.74) is 6.30. The molecule has 0 radical (unpaired) electrons. The van der Waals surface area contributed by atoms with Gasteiger partial charge in [0.2, 0.25) is 0 Å². The average molecular weight is 300 g/mol. The minimum atomic E-state index is -3.69. The first kappa shape index (κ1) is 14.0. The molecule has 0 amide bonds. The summed E-state index contributed by atoms with van der Waals surface area (Å²) in [7, 11) is -3.69. The van der Waals surface area contributed by atoms with Gasteiger partial charge in [0.1, 0.15) is 10.0 Å². The van der Waals surface area contributed by atoms with Gasteiger partial charge in [-0.05, 0) is 42.8 Å². The van der Waals surface area contributed by atoms with Gasteiger partial charge in [-0.15, -0.1) is 11.3 Å². The molecule has 7 heteroatoms. The van der Waals surface area contributed by atoms with E-state index in [4.69, 9.17) is 5.73 Å². The Morgan fingerprint density at radius 1 is 1.32 bits per heavy atom. The van der Waals surface area contributed by atoms with E-state index in [1.165, 1.54) is 12.1 Å². The predicted octanol–water partition coefficient (Wildman–Crippen LogP) is 2.46. The van der Waals surface area contributed by atoms with Gasteiger partial charge in [0.25, 0.3) is 10.0 Å². The van der Waals surface area contributed by atoms with E-state index in [9.17, 15) is 12.8 Å². The number of hydrogen-bond acceptors (Lipinski definition) is 4. The van der Waals surface area contributed by atoms with Gasteiger partial charge in [-0.3, -0.25) is 4.72 Å². The number of benzene rings is 1. The number of sulfonamides is 1. The molecule has 2 rings (SSSR count). The quantitative estimate of drug-likeness (QED) is 0.911. The molecule has 0 aliphatic rings. The number of hydrogen-bond donors (Lipinski definition) is 2. The normalized spacial score (nSPS) is 11.5. The van der Waals surface area contributed by atoms with E-state index in [-0.39, 0.29) is 9.90 Å². The molecule has 1 heterocycles. The smallest absolute Gasteiger partial charge is 0.271 e. The second-order valence-electron chi connectivity index (χ2n) is 4.05. The number of aryl methyl sites for hydroxylation is 1. The largest absolute Gasteiger partial charge is 0.326 e. The summed E-state index contributed by atoms with van der Waals surface area (Å²) in [6, 6.07) is 7.19. The van der Waals surface area contributed by atoms with Gasteiger partial charge in [-0.25, -0.2) is 12.8 Å². The first-order valence-corrected chi connectivity index (χ1v) is 7.79. The molecule has 0 aliphatic heterocycles. The van der Waals surface area contributed by atoms with Crippen LogP contribution in [0.4, 0.5) is 10.1 Å². The first-order chi connectivity index (χ1) is 8.90. The lowest BCUT2D eigenvalue weighted by Gasteiger charge is -2.07. The van der Waals surface area contributed by atoms with Crippen molar-refractivity contribution >= 4 is 27.0 Å². The van der Waals surface area contributed by atoms with Crippen molar-refractivity contribution in [2.75, 3.05) is 4.72 Å². The summed E-state index contributed by atoms with van der Waals surface area (Å²) in [6.45, 7) is 1.98. The molecule has 0 spiro atoms. The lowest BCUT2D eigenvalue weighted by molar-refractivity contribution is 0.603. The van der Waals surface area contributed by atoms with Gasteiger partial charge in [0, 0.05) is 11.4 Å². The van der Waals surface area contributed by atoms with Crippen LogP contribution in [-0.2, 0) is 16.6 Å². The summed E-state index contributed by atoms with van der Waals surface area (Å²) in [4.78, 5) is 0.774. The minimum Gasteiger partial charge on any atom is -0.326 e. The Morgan fingerprint density at radius 3 is 2.63 bits per heavy atom. The molecule has 2 aromatic rings. The lowest BCUT2D eigenvalue weighted by atomic mass is 10.2. The first-order valence-electron chi connectivity index (χ1n) is 5.49. The number of thiophene rings is 1. The van der Waals surface area contributed by atoms with E-state index in [0.717, 1.165) is 22.3 Å². The second kappa shape index (κ2) is 5.28. The van der Waals surface area contributed by atoms with Crippen LogP contribution in [0.1, 0.15) is 10.4 Å². The standard InChI is InChI=1S/C12H13FN2O2S2/c1-8-4-9(13)6-10(5-8)15-19(16,17)12-3-2-11(7-14)18-12/h2-6,15H,7,14H2,1H3. The molecule has 0 saturated carbocycles. The van der Waals surface area contributed by atoms with Crippen LogP contribution in [0.15, 0.2) is 34.5 Å². The molecule has 0 aliphatic carbocycles. The van der Waals surface area contributed by atoms with Crippen LogP contribution in [-0.4, -0.2) is 8.42 Å². The molecule has 0 atom stereocenters. The van der Waals surface area contributed by atoms with Crippen LogP contribution in [0.2, 0.25) is 0 Å². The van der Waals surface area contributed by atoms with Gasteiger partial charge in [-0.1, -0.05) is 0 Å². The van der Waals surface area contributed by atoms with Crippen molar-refractivity contribution in [1.29, 1.82) is 0 Å². The number of anilines is 1. The molecule has 19 heavy (non-hydrogen) atoms. The molecule has 1 aromatic heterocycles. The van der Waals surface area contributed by atoms with Crippen molar-refractivity contribution in [3.63, 3.8) is 0 Å². The number of nitrogens with one attached hydrogen (secondary N) is 1.